The molecule has 17 heavy (non-hydrogen) atoms. The van der Waals surface area contributed by atoms with Crippen LogP contribution in [0.3, 0.4) is 0 Å². The SMILES string of the molecule is Cc1ccc(Cl)cc1Oc1c(N)cccc1F. The third-order valence-electron chi connectivity index (χ3n) is 2.36. The van der Waals surface area contributed by atoms with E-state index in [-0.39, 0.29) is 11.4 Å². The molecule has 0 heterocycles. The van der Waals surface area contributed by atoms with Gasteiger partial charge in [0.1, 0.15) is 5.75 Å². The van der Waals surface area contributed by atoms with Crippen LogP contribution in [-0.2, 0) is 0 Å². The summed E-state index contributed by atoms with van der Waals surface area (Å²) in [6, 6.07) is 9.58. The average molecular weight is 252 g/mol. The van der Waals surface area contributed by atoms with Crippen molar-refractivity contribution < 1.29 is 9.13 Å². The summed E-state index contributed by atoms with van der Waals surface area (Å²) in [5, 5.41) is 0.528. The zero-order valence-corrected chi connectivity index (χ0v) is 9.96. The topological polar surface area (TPSA) is 35.2 Å². The summed E-state index contributed by atoms with van der Waals surface area (Å²) in [6.07, 6.45) is 0. The van der Waals surface area contributed by atoms with Crippen molar-refractivity contribution in [2.24, 2.45) is 0 Å². The van der Waals surface area contributed by atoms with Crippen molar-refractivity contribution in [3.05, 3.63) is 52.8 Å². The van der Waals surface area contributed by atoms with Gasteiger partial charge in [-0.1, -0.05) is 23.7 Å². The van der Waals surface area contributed by atoms with Crippen molar-refractivity contribution in [3.63, 3.8) is 0 Å². The lowest BCUT2D eigenvalue weighted by Gasteiger charge is -2.11. The molecule has 2 aromatic carbocycles. The Labute approximate surface area is 104 Å². The lowest BCUT2D eigenvalue weighted by Crippen LogP contribution is -1.96. The number of nitrogens with two attached hydrogens (primary N) is 1. The molecule has 0 unspecified atom stereocenters. The predicted molar refractivity (Wildman–Crippen MR) is 67.1 cm³/mol. The molecule has 2 rings (SSSR count). The summed E-state index contributed by atoms with van der Waals surface area (Å²) in [6.45, 7) is 1.85. The molecule has 0 aromatic heterocycles. The molecule has 2 N–H and O–H groups in total. The molecule has 0 radical (unpaired) electrons. The minimum absolute atomic E-state index is 0.0258. The zero-order valence-electron chi connectivity index (χ0n) is 9.21. The Morgan fingerprint density at radius 3 is 2.71 bits per heavy atom. The Morgan fingerprint density at radius 1 is 1.24 bits per heavy atom. The molecular weight excluding hydrogens is 241 g/mol. The molecule has 0 fully saturated rings. The first kappa shape index (κ1) is 11.7. The number of nitrogen functional groups attached to an aromatic ring is 1. The van der Waals surface area contributed by atoms with Gasteiger partial charge in [0.2, 0.25) is 0 Å². The molecule has 88 valence electrons. The Balaban J connectivity index is 2.41. The fourth-order valence-electron chi connectivity index (χ4n) is 1.43. The van der Waals surface area contributed by atoms with Crippen molar-refractivity contribution in [2.45, 2.75) is 6.92 Å². The molecule has 2 aromatic rings. The third-order valence-corrected chi connectivity index (χ3v) is 2.59. The van der Waals surface area contributed by atoms with Gasteiger partial charge >= 0.3 is 0 Å². The second kappa shape index (κ2) is 4.63. The number of rotatable bonds is 2. The van der Waals surface area contributed by atoms with Crippen LogP contribution in [0.15, 0.2) is 36.4 Å². The highest BCUT2D eigenvalue weighted by Gasteiger charge is 2.10. The molecule has 0 saturated carbocycles. The Kier molecular flexibility index (Phi) is 3.20. The van der Waals surface area contributed by atoms with E-state index >= 15 is 0 Å². The van der Waals surface area contributed by atoms with Crippen LogP contribution < -0.4 is 10.5 Å². The smallest absolute Gasteiger partial charge is 0.185 e. The summed E-state index contributed by atoms with van der Waals surface area (Å²) in [4.78, 5) is 0. The van der Waals surface area contributed by atoms with Crippen molar-refractivity contribution in [1.29, 1.82) is 0 Å². The van der Waals surface area contributed by atoms with E-state index in [1.54, 1.807) is 24.3 Å². The predicted octanol–water partition coefficient (Wildman–Crippen LogP) is 4.16. The van der Waals surface area contributed by atoms with E-state index in [4.69, 9.17) is 22.1 Å². The van der Waals surface area contributed by atoms with Crippen molar-refractivity contribution >= 4 is 17.3 Å². The van der Waals surface area contributed by atoms with E-state index in [0.717, 1.165) is 5.56 Å². The van der Waals surface area contributed by atoms with Gasteiger partial charge in [0, 0.05) is 5.02 Å². The van der Waals surface area contributed by atoms with Crippen molar-refractivity contribution in [1.82, 2.24) is 0 Å². The summed E-state index contributed by atoms with van der Waals surface area (Å²) >= 11 is 5.86. The zero-order chi connectivity index (χ0) is 12.4. The normalized spacial score (nSPS) is 10.3. The van der Waals surface area contributed by atoms with Gasteiger partial charge in [-0.2, -0.15) is 0 Å². The van der Waals surface area contributed by atoms with E-state index in [1.807, 2.05) is 6.92 Å². The van der Waals surface area contributed by atoms with Crippen LogP contribution in [0.25, 0.3) is 0 Å². The maximum absolute atomic E-state index is 13.5. The highest BCUT2D eigenvalue weighted by molar-refractivity contribution is 6.30. The van der Waals surface area contributed by atoms with E-state index in [0.29, 0.717) is 10.8 Å². The average Bonchev–Trinajstić information content (AvgIpc) is 2.28. The van der Waals surface area contributed by atoms with E-state index < -0.39 is 5.82 Å². The fourth-order valence-corrected chi connectivity index (χ4v) is 1.59. The molecule has 0 atom stereocenters. The minimum Gasteiger partial charge on any atom is -0.452 e. The molecule has 0 bridgehead atoms. The molecule has 2 nitrogen and oxygen atoms in total. The quantitative estimate of drug-likeness (QED) is 0.814. The van der Waals surface area contributed by atoms with Crippen LogP contribution in [0.4, 0.5) is 10.1 Å². The van der Waals surface area contributed by atoms with Crippen LogP contribution in [0.1, 0.15) is 5.56 Å². The molecule has 0 aliphatic rings. The number of benzene rings is 2. The molecule has 4 heteroatoms. The second-order valence-electron chi connectivity index (χ2n) is 3.67. The first-order chi connectivity index (χ1) is 8.08. The molecular formula is C13H11ClFNO. The van der Waals surface area contributed by atoms with Crippen LogP contribution in [-0.4, -0.2) is 0 Å². The van der Waals surface area contributed by atoms with Crippen LogP contribution in [0, 0.1) is 12.7 Å². The van der Waals surface area contributed by atoms with Crippen LogP contribution in [0.5, 0.6) is 11.5 Å². The molecule has 0 aliphatic carbocycles. The fraction of sp³-hybridized carbons (Fsp3) is 0.0769. The Morgan fingerprint density at radius 2 is 2.00 bits per heavy atom. The van der Waals surface area contributed by atoms with Gasteiger partial charge < -0.3 is 10.5 Å². The first-order valence-corrected chi connectivity index (χ1v) is 5.43. The van der Waals surface area contributed by atoms with E-state index in [2.05, 4.69) is 0 Å². The first-order valence-electron chi connectivity index (χ1n) is 5.06. The van der Waals surface area contributed by atoms with Crippen LogP contribution in [0.2, 0.25) is 5.02 Å². The van der Waals surface area contributed by atoms with Crippen molar-refractivity contribution in [2.75, 3.05) is 5.73 Å². The highest BCUT2D eigenvalue weighted by Crippen LogP contribution is 2.33. The minimum atomic E-state index is -0.496. The van der Waals surface area contributed by atoms with Crippen LogP contribution >= 0.6 is 11.6 Å². The molecule has 0 aliphatic heterocycles. The maximum atomic E-state index is 13.5. The van der Waals surface area contributed by atoms with Gasteiger partial charge in [-0.25, -0.2) is 4.39 Å². The van der Waals surface area contributed by atoms with Gasteiger partial charge in [0.15, 0.2) is 11.6 Å². The molecule has 0 saturated heterocycles. The molecule has 0 spiro atoms. The summed E-state index contributed by atoms with van der Waals surface area (Å²) < 4.78 is 19.0. The largest absolute Gasteiger partial charge is 0.452 e. The third kappa shape index (κ3) is 2.50. The number of hydrogen-bond donors (Lipinski definition) is 1. The van der Waals surface area contributed by atoms with Gasteiger partial charge in [0.05, 0.1) is 5.69 Å². The Bertz CT molecular complexity index is 537. The summed E-state index contributed by atoms with van der Waals surface area (Å²) in [5.74, 6) is 0.0246. The summed E-state index contributed by atoms with van der Waals surface area (Å²) in [5.41, 5.74) is 6.77. The standard InChI is InChI=1S/C13H11ClFNO/c1-8-5-6-9(14)7-12(8)17-13-10(15)3-2-4-11(13)16/h2-7H,16H2,1H3. The van der Waals surface area contributed by atoms with Gasteiger partial charge in [-0.15, -0.1) is 0 Å². The number of ether oxygens (including phenoxy) is 1. The van der Waals surface area contributed by atoms with Gasteiger partial charge in [0.25, 0.3) is 0 Å². The summed E-state index contributed by atoms with van der Waals surface area (Å²) in [7, 11) is 0. The maximum Gasteiger partial charge on any atom is 0.185 e. The van der Waals surface area contributed by atoms with Crippen molar-refractivity contribution in [3.8, 4) is 11.5 Å². The lowest BCUT2D eigenvalue weighted by molar-refractivity contribution is 0.442. The number of para-hydroxylation sites is 1. The second-order valence-corrected chi connectivity index (χ2v) is 4.11. The number of hydrogen-bond acceptors (Lipinski definition) is 2. The van der Waals surface area contributed by atoms with Gasteiger partial charge in [-0.3, -0.25) is 0 Å². The van der Waals surface area contributed by atoms with Gasteiger partial charge in [-0.05, 0) is 36.8 Å². The number of anilines is 1. The number of aryl methyl sites for hydroxylation is 1. The Hall–Kier alpha value is -1.74. The molecule has 0 amide bonds. The van der Waals surface area contributed by atoms with E-state index in [1.165, 1.54) is 12.1 Å². The highest BCUT2D eigenvalue weighted by atomic mass is 35.5. The number of halogens is 2. The van der Waals surface area contributed by atoms with E-state index in [9.17, 15) is 4.39 Å². The lowest BCUT2D eigenvalue weighted by atomic mass is 10.2. The monoisotopic (exact) mass is 251 g/mol.